The molecule has 1 aromatic carbocycles. The van der Waals surface area contributed by atoms with E-state index in [1.165, 1.54) is 0 Å². The molecule has 2 heterocycles. The topological polar surface area (TPSA) is 43.3 Å². The Kier molecular flexibility index (Phi) is 5.33. The lowest BCUT2D eigenvalue weighted by Crippen LogP contribution is -2.26. The van der Waals surface area contributed by atoms with Crippen LogP contribution in [0, 0.1) is 0 Å². The Morgan fingerprint density at radius 2 is 1.96 bits per heavy atom. The van der Waals surface area contributed by atoms with Crippen LogP contribution in [-0.4, -0.2) is 17.6 Å². The van der Waals surface area contributed by atoms with Crippen molar-refractivity contribution in [3.8, 4) is 5.75 Å². The molecule has 2 aromatic heterocycles. The Bertz CT molecular complexity index is 767. The first-order valence-corrected chi connectivity index (χ1v) is 8.70. The van der Waals surface area contributed by atoms with Crippen molar-refractivity contribution in [3.63, 3.8) is 0 Å². The summed E-state index contributed by atoms with van der Waals surface area (Å²) in [7, 11) is 1.66. The van der Waals surface area contributed by atoms with Crippen LogP contribution in [0.3, 0.4) is 0 Å². The van der Waals surface area contributed by atoms with Gasteiger partial charge < -0.3 is 14.6 Å². The maximum atomic E-state index is 12.5. The van der Waals surface area contributed by atoms with Gasteiger partial charge in [-0.25, -0.2) is 0 Å². The number of benzene rings is 1. The molecule has 4 nitrogen and oxygen atoms in total. The zero-order chi connectivity index (χ0) is 16.8. The zero-order valence-corrected chi connectivity index (χ0v) is 14.3. The van der Waals surface area contributed by atoms with Crippen LogP contribution >= 0.6 is 11.3 Å². The number of aromatic nitrogens is 1. The Labute approximate surface area is 145 Å². The van der Waals surface area contributed by atoms with Crippen LogP contribution in [0.4, 0.5) is 0 Å². The SMILES string of the molecule is COc1ccccc1[C@@H](CC(=O)NCc1cccs1)n1cccc1. The molecule has 1 N–H and O–H groups in total. The molecule has 124 valence electrons. The van der Waals surface area contributed by atoms with Gasteiger partial charge in [0.25, 0.3) is 0 Å². The molecule has 0 saturated carbocycles. The first-order chi connectivity index (χ1) is 11.8. The fourth-order valence-electron chi connectivity index (χ4n) is 2.72. The number of nitrogens with one attached hydrogen (secondary N) is 1. The lowest BCUT2D eigenvalue weighted by molar-refractivity contribution is -0.121. The molecule has 24 heavy (non-hydrogen) atoms. The van der Waals surface area contributed by atoms with Crippen LogP contribution in [0.25, 0.3) is 0 Å². The Morgan fingerprint density at radius 1 is 1.17 bits per heavy atom. The summed E-state index contributed by atoms with van der Waals surface area (Å²) in [5, 5.41) is 5.01. The fourth-order valence-corrected chi connectivity index (χ4v) is 3.36. The van der Waals surface area contributed by atoms with Crippen LogP contribution in [-0.2, 0) is 11.3 Å². The van der Waals surface area contributed by atoms with Crippen LogP contribution < -0.4 is 10.1 Å². The van der Waals surface area contributed by atoms with Crippen LogP contribution in [0.2, 0.25) is 0 Å². The number of amides is 1. The van der Waals surface area contributed by atoms with Crippen molar-refractivity contribution >= 4 is 17.2 Å². The third-order valence-electron chi connectivity index (χ3n) is 3.90. The summed E-state index contributed by atoms with van der Waals surface area (Å²) < 4.78 is 7.53. The molecule has 1 atom stereocenters. The van der Waals surface area contributed by atoms with E-state index in [1.54, 1.807) is 18.4 Å². The standard InChI is InChI=1S/C19H20N2O2S/c1-23-18-9-3-2-8-16(18)17(21-10-4-5-11-21)13-19(22)20-14-15-7-6-12-24-15/h2-12,17H,13-14H2,1H3,(H,20,22)/t17-/m1/s1. The van der Waals surface area contributed by atoms with E-state index in [-0.39, 0.29) is 11.9 Å². The number of rotatable bonds is 7. The van der Waals surface area contributed by atoms with Gasteiger partial charge in [-0.2, -0.15) is 0 Å². The molecule has 3 rings (SSSR count). The number of para-hydroxylation sites is 1. The molecule has 0 aliphatic carbocycles. The van der Waals surface area contributed by atoms with Crippen molar-refractivity contribution < 1.29 is 9.53 Å². The normalized spacial score (nSPS) is 11.9. The average Bonchev–Trinajstić information content (AvgIpc) is 3.31. The second kappa shape index (κ2) is 7.84. The van der Waals surface area contributed by atoms with Gasteiger partial charge in [0.15, 0.2) is 0 Å². The van der Waals surface area contributed by atoms with E-state index in [1.807, 2.05) is 70.9 Å². The summed E-state index contributed by atoms with van der Waals surface area (Å²) in [4.78, 5) is 13.6. The number of ether oxygens (including phenoxy) is 1. The Balaban J connectivity index is 1.77. The predicted molar refractivity (Wildman–Crippen MR) is 96.3 cm³/mol. The largest absolute Gasteiger partial charge is 0.496 e. The molecule has 1 amide bonds. The third-order valence-corrected chi connectivity index (χ3v) is 4.78. The zero-order valence-electron chi connectivity index (χ0n) is 13.5. The van der Waals surface area contributed by atoms with Gasteiger partial charge in [-0.15, -0.1) is 11.3 Å². The average molecular weight is 340 g/mol. The number of hydrogen-bond donors (Lipinski definition) is 1. The molecule has 0 radical (unpaired) electrons. The van der Waals surface area contributed by atoms with Gasteiger partial charge in [0.05, 0.1) is 26.1 Å². The van der Waals surface area contributed by atoms with Gasteiger partial charge in [0.2, 0.25) is 5.91 Å². The quantitative estimate of drug-likeness (QED) is 0.710. The lowest BCUT2D eigenvalue weighted by atomic mass is 10.0. The molecule has 0 spiro atoms. The van der Waals surface area contributed by atoms with Gasteiger partial charge in [-0.05, 0) is 29.6 Å². The monoisotopic (exact) mass is 340 g/mol. The summed E-state index contributed by atoms with van der Waals surface area (Å²) >= 11 is 1.64. The fraction of sp³-hybridized carbons (Fsp3) is 0.211. The summed E-state index contributed by atoms with van der Waals surface area (Å²) in [6, 6.07) is 15.7. The van der Waals surface area contributed by atoms with Crippen molar-refractivity contribution in [2.45, 2.75) is 19.0 Å². The first kappa shape index (κ1) is 16.3. The minimum Gasteiger partial charge on any atom is -0.496 e. The van der Waals surface area contributed by atoms with Gasteiger partial charge in [-0.3, -0.25) is 4.79 Å². The maximum absolute atomic E-state index is 12.5. The van der Waals surface area contributed by atoms with Crippen molar-refractivity contribution in [2.24, 2.45) is 0 Å². The predicted octanol–water partition coefficient (Wildman–Crippen LogP) is 3.85. The number of nitrogens with zero attached hydrogens (tertiary/aromatic N) is 1. The van der Waals surface area contributed by atoms with Crippen molar-refractivity contribution in [1.29, 1.82) is 0 Å². The van der Waals surface area contributed by atoms with Gasteiger partial charge >= 0.3 is 0 Å². The molecule has 0 aliphatic rings. The van der Waals surface area contributed by atoms with E-state index < -0.39 is 0 Å². The third kappa shape index (κ3) is 3.86. The molecule has 5 heteroatoms. The van der Waals surface area contributed by atoms with Crippen LogP contribution in [0.5, 0.6) is 5.75 Å². The second-order valence-corrected chi connectivity index (χ2v) is 6.48. The Morgan fingerprint density at radius 3 is 2.67 bits per heavy atom. The molecule has 0 unspecified atom stereocenters. The summed E-state index contributed by atoms with van der Waals surface area (Å²) in [6.45, 7) is 0.570. The van der Waals surface area contributed by atoms with Crippen molar-refractivity contribution in [2.75, 3.05) is 7.11 Å². The van der Waals surface area contributed by atoms with Crippen molar-refractivity contribution in [1.82, 2.24) is 9.88 Å². The summed E-state index contributed by atoms with van der Waals surface area (Å²) in [6.07, 6.45) is 4.31. The molecule has 0 aliphatic heterocycles. The maximum Gasteiger partial charge on any atom is 0.222 e. The van der Waals surface area contributed by atoms with E-state index in [2.05, 4.69) is 5.32 Å². The van der Waals surface area contributed by atoms with E-state index >= 15 is 0 Å². The molecule has 3 aromatic rings. The number of carbonyl (C=O) groups is 1. The van der Waals surface area contributed by atoms with E-state index in [0.717, 1.165) is 16.2 Å². The molecule has 0 saturated heterocycles. The van der Waals surface area contributed by atoms with Crippen LogP contribution in [0.1, 0.15) is 22.9 Å². The van der Waals surface area contributed by atoms with Crippen molar-refractivity contribution in [3.05, 3.63) is 76.7 Å². The van der Waals surface area contributed by atoms with E-state index in [9.17, 15) is 4.79 Å². The molecular weight excluding hydrogens is 320 g/mol. The molecule has 0 bridgehead atoms. The number of methoxy groups -OCH3 is 1. The summed E-state index contributed by atoms with van der Waals surface area (Å²) in [5.41, 5.74) is 1.00. The second-order valence-electron chi connectivity index (χ2n) is 5.45. The highest BCUT2D eigenvalue weighted by Gasteiger charge is 2.20. The molecular formula is C19H20N2O2S. The number of carbonyl (C=O) groups excluding carboxylic acids is 1. The first-order valence-electron chi connectivity index (χ1n) is 7.82. The minimum absolute atomic E-state index is 0.0213. The van der Waals surface area contributed by atoms with Gasteiger partial charge in [0, 0.05) is 22.8 Å². The van der Waals surface area contributed by atoms with Gasteiger partial charge in [0.1, 0.15) is 5.75 Å². The Hall–Kier alpha value is -2.53. The number of thiophene rings is 1. The van der Waals surface area contributed by atoms with Crippen LogP contribution in [0.15, 0.2) is 66.3 Å². The van der Waals surface area contributed by atoms with E-state index in [4.69, 9.17) is 4.74 Å². The highest BCUT2D eigenvalue weighted by Crippen LogP contribution is 2.30. The smallest absolute Gasteiger partial charge is 0.222 e. The van der Waals surface area contributed by atoms with Gasteiger partial charge in [-0.1, -0.05) is 24.3 Å². The van der Waals surface area contributed by atoms with E-state index in [0.29, 0.717) is 13.0 Å². The highest BCUT2D eigenvalue weighted by molar-refractivity contribution is 7.09. The number of hydrogen-bond acceptors (Lipinski definition) is 3. The lowest BCUT2D eigenvalue weighted by Gasteiger charge is -2.21. The molecule has 0 fully saturated rings. The minimum atomic E-state index is -0.0977. The highest BCUT2D eigenvalue weighted by atomic mass is 32.1. The summed E-state index contributed by atoms with van der Waals surface area (Å²) in [5.74, 6) is 0.815.